The summed E-state index contributed by atoms with van der Waals surface area (Å²) in [5.74, 6) is -0.434. The molecule has 0 radical (unpaired) electrons. The second-order valence-corrected chi connectivity index (χ2v) is 6.66. The summed E-state index contributed by atoms with van der Waals surface area (Å²) in [6.45, 7) is 0. The van der Waals surface area contributed by atoms with Gasteiger partial charge in [0.1, 0.15) is 15.7 Å². The molecule has 0 aliphatic rings. The van der Waals surface area contributed by atoms with E-state index in [0.29, 0.717) is 18.4 Å². The van der Waals surface area contributed by atoms with Crippen LogP contribution in [-0.2, 0) is 9.84 Å². The maximum absolute atomic E-state index is 13.2. The molecule has 17 heavy (non-hydrogen) atoms. The van der Waals surface area contributed by atoms with Gasteiger partial charge < -0.3 is 5.73 Å². The van der Waals surface area contributed by atoms with E-state index in [1.54, 1.807) is 6.07 Å². The lowest BCUT2D eigenvalue weighted by Gasteiger charge is -2.13. The Bertz CT molecular complexity index is 490. The Hall–Kier alpha value is -0.650. The van der Waals surface area contributed by atoms with Crippen molar-refractivity contribution in [3.63, 3.8) is 0 Å². The minimum atomic E-state index is -2.98. The average molecular weight is 280 g/mol. The first-order valence-corrected chi connectivity index (χ1v) is 7.62. The molecule has 0 aromatic heterocycles. The van der Waals surface area contributed by atoms with E-state index in [1.165, 1.54) is 18.4 Å². The van der Waals surface area contributed by atoms with E-state index in [2.05, 4.69) is 0 Å². The third-order valence-corrected chi connectivity index (χ3v) is 3.84. The molecule has 1 aromatic rings. The van der Waals surface area contributed by atoms with Crippen LogP contribution in [-0.4, -0.2) is 20.4 Å². The Morgan fingerprint density at radius 3 is 2.71 bits per heavy atom. The van der Waals surface area contributed by atoms with E-state index in [4.69, 9.17) is 17.3 Å². The van der Waals surface area contributed by atoms with Crippen LogP contribution in [0.1, 0.15) is 24.4 Å². The zero-order valence-electron chi connectivity index (χ0n) is 9.49. The van der Waals surface area contributed by atoms with Crippen LogP contribution in [0.2, 0.25) is 5.02 Å². The maximum Gasteiger partial charge on any atom is 0.147 e. The van der Waals surface area contributed by atoms with Crippen LogP contribution in [0.5, 0.6) is 0 Å². The van der Waals surface area contributed by atoms with Crippen molar-refractivity contribution in [3.05, 3.63) is 34.6 Å². The molecule has 0 saturated carbocycles. The number of halogens is 2. The standard InChI is InChI=1S/C11H15ClFNO2S/c1-17(15,16)7-3-6-10(14)8-4-2-5-9(13)11(8)12/h2,4-5,10H,3,6-7,14H2,1H3. The van der Waals surface area contributed by atoms with Crippen molar-refractivity contribution in [1.29, 1.82) is 0 Å². The lowest BCUT2D eigenvalue weighted by Crippen LogP contribution is -2.13. The van der Waals surface area contributed by atoms with Gasteiger partial charge in [0.15, 0.2) is 0 Å². The average Bonchev–Trinajstić information content (AvgIpc) is 2.20. The maximum atomic E-state index is 13.2. The quantitative estimate of drug-likeness (QED) is 0.900. The molecule has 0 aliphatic carbocycles. The van der Waals surface area contributed by atoms with Crippen molar-refractivity contribution in [1.82, 2.24) is 0 Å². The van der Waals surface area contributed by atoms with Crippen LogP contribution in [0, 0.1) is 5.82 Å². The van der Waals surface area contributed by atoms with Crippen molar-refractivity contribution in [3.8, 4) is 0 Å². The van der Waals surface area contributed by atoms with Gasteiger partial charge in [0, 0.05) is 18.1 Å². The summed E-state index contributed by atoms with van der Waals surface area (Å²) in [6.07, 6.45) is 2.07. The first-order valence-electron chi connectivity index (χ1n) is 5.18. The predicted molar refractivity (Wildman–Crippen MR) is 67.3 cm³/mol. The summed E-state index contributed by atoms with van der Waals surface area (Å²) in [5, 5.41) is 0.0133. The van der Waals surface area contributed by atoms with Gasteiger partial charge in [0.25, 0.3) is 0 Å². The molecule has 1 rings (SSSR count). The number of nitrogens with two attached hydrogens (primary N) is 1. The fourth-order valence-electron chi connectivity index (χ4n) is 1.53. The molecule has 1 aromatic carbocycles. The zero-order chi connectivity index (χ0) is 13.1. The van der Waals surface area contributed by atoms with Crippen molar-refractivity contribution >= 4 is 21.4 Å². The Labute approximate surface area is 106 Å². The minimum absolute atomic E-state index is 0.0133. The van der Waals surface area contributed by atoms with Crippen LogP contribution in [0.3, 0.4) is 0 Å². The molecule has 2 N–H and O–H groups in total. The Morgan fingerprint density at radius 1 is 1.47 bits per heavy atom. The van der Waals surface area contributed by atoms with Gasteiger partial charge in [-0.2, -0.15) is 0 Å². The van der Waals surface area contributed by atoms with Crippen LogP contribution >= 0.6 is 11.6 Å². The molecule has 1 unspecified atom stereocenters. The topological polar surface area (TPSA) is 60.2 Å². The lowest BCUT2D eigenvalue weighted by molar-refractivity contribution is 0.584. The fourth-order valence-corrected chi connectivity index (χ4v) is 2.48. The monoisotopic (exact) mass is 279 g/mol. The SMILES string of the molecule is CS(=O)(=O)CCCC(N)c1cccc(F)c1Cl. The highest BCUT2D eigenvalue weighted by atomic mass is 35.5. The van der Waals surface area contributed by atoms with Gasteiger partial charge in [0.05, 0.1) is 5.02 Å². The Morgan fingerprint density at radius 2 is 2.12 bits per heavy atom. The van der Waals surface area contributed by atoms with Crippen molar-refractivity contribution < 1.29 is 12.8 Å². The number of sulfone groups is 1. The van der Waals surface area contributed by atoms with Gasteiger partial charge in [-0.25, -0.2) is 12.8 Å². The van der Waals surface area contributed by atoms with E-state index in [-0.39, 0.29) is 10.8 Å². The van der Waals surface area contributed by atoms with Gasteiger partial charge in [-0.3, -0.25) is 0 Å². The Kier molecular flexibility index (Phi) is 4.91. The molecular formula is C11H15ClFNO2S. The molecule has 0 saturated heterocycles. The van der Waals surface area contributed by atoms with Gasteiger partial charge in [0.2, 0.25) is 0 Å². The van der Waals surface area contributed by atoms with Crippen LogP contribution < -0.4 is 5.73 Å². The number of hydrogen-bond donors (Lipinski definition) is 1. The van der Waals surface area contributed by atoms with Gasteiger partial charge >= 0.3 is 0 Å². The van der Waals surface area contributed by atoms with E-state index in [1.807, 2.05) is 0 Å². The third-order valence-electron chi connectivity index (χ3n) is 2.41. The second-order valence-electron chi connectivity index (χ2n) is 4.02. The molecule has 0 bridgehead atoms. The van der Waals surface area contributed by atoms with Crippen molar-refractivity contribution in [2.45, 2.75) is 18.9 Å². The Balaban J connectivity index is 2.64. The fraction of sp³-hybridized carbons (Fsp3) is 0.455. The third kappa shape index (κ3) is 4.61. The smallest absolute Gasteiger partial charge is 0.147 e. The van der Waals surface area contributed by atoms with E-state index < -0.39 is 21.7 Å². The molecular weight excluding hydrogens is 265 g/mol. The lowest BCUT2D eigenvalue weighted by atomic mass is 10.0. The highest BCUT2D eigenvalue weighted by Gasteiger charge is 2.13. The van der Waals surface area contributed by atoms with Crippen LogP contribution in [0.4, 0.5) is 4.39 Å². The van der Waals surface area contributed by atoms with Crippen molar-refractivity contribution in [2.75, 3.05) is 12.0 Å². The summed E-state index contributed by atoms with van der Waals surface area (Å²) < 4.78 is 35.1. The van der Waals surface area contributed by atoms with Gasteiger partial charge in [-0.15, -0.1) is 0 Å². The molecule has 0 fully saturated rings. The first-order chi connectivity index (χ1) is 7.81. The zero-order valence-corrected chi connectivity index (χ0v) is 11.1. The summed E-state index contributed by atoms with van der Waals surface area (Å²) in [6, 6.07) is 4.00. The predicted octanol–water partition coefficient (Wildman–Crippen LogP) is 2.30. The summed E-state index contributed by atoms with van der Waals surface area (Å²) >= 11 is 5.78. The molecule has 96 valence electrons. The first kappa shape index (κ1) is 14.4. The minimum Gasteiger partial charge on any atom is -0.324 e. The molecule has 6 heteroatoms. The highest BCUT2D eigenvalue weighted by molar-refractivity contribution is 7.90. The van der Waals surface area contributed by atoms with E-state index >= 15 is 0 Å². The molecule has 3 nitrogen and oxygen atoms in total. The highest BCUT2D eigenvalue weighted by Crippen LogP contribution is 2.26. The summed E-state index contributed by atoms with van der Waals surface area (Å²) in [5.41, 5.74) is 6.36. The van der Waals surface area contributed by atoms with Crippen LogP contribution in [0.25, 0.3) is 0 Å². The number of rotatable bonds is 5. The molecule has 0 aliphatic heterocycles. The van der Waals surface area contributed by atoms with Gasteiger partial charge in [-0.1, -0.05) is 23.7 Å². The molecule has 0 heterocycles. The van der Waals surface area contributed by atoms with Crippen molar-refractivity contribution in [2.24, 2.45) is 5.73 Å². The molecule has 0 spiro atoms. The molecule has 1 atom stereocenters. The summed E-state index contributed by atoms with van der Waals surface area (Å²) in [7, 11) is -2.98. The number of hydrogen-bond acceptors (Lipinski definition) is 3. The van der Waals surface area contributed by atoms with Crippen LogP contribution in [0.15, 0.2) is 18.2 Å². The largest absolute Gasteiger partial charge is 0.324 e. The van der Waals surface area contributed by atoms with E-state index in [9.17, 15) is 12.8 Å². The van der Waals surface area contributed by atoms with E-state index in [0.717, 1.165) is 0 Å². The second kappa shape index (κ2) is 5.80. The normalized spacial score (nSPS) is 13.6. The van der Waals surface area contributed by atoms with Gasteiger partial charge in [-0.05, 0) is 24.5 Å². The molecule has 0 amide bonds. The summed E-state index contributed by atoms with van der Waals surface area (Å²) in [4.78, 5) is 0. The number of benzene rings is 1.